The zero-order valence-corrected chi connectivity index (χ0v) is 13.1. The molecule has 0 unspecified atom stereocenters. The lowest BCUT2D eigenvalue weighted by atomic mass is 10.1. The molecular weight excluding hydrogens is 307 g/mol. The minimum Gasteiger partial charge on any atom is -0.334 e. The average Bonchev–Trinajstić information content (AvgIpc) is 2.47. The van der Waals surface area contributed by atoms with E-state index in [0.717, 1.165) is 17.7 Å². The van der Waals surface area contributed by atoms with Gasteiger partial charge in [0.2, 0.25) is 0 Å². The number of nitrogens with one attached hydrogen (secondary N) is 2. The lowest BCUT2D eigenvalue weighted by Crippen LogP contribution is -2.28. The van der Waals surface area contributed by atoms with Gasteiger partial charge in [0.05, 0.1) is 0 Å². The van der Waals surface area contributed by atoms with E-state index in [1.54, 1.807) is 18.2 Å². The number of hydrogen-bond donors (Lipinski definition) is 2. The Labute approximate surface area is 134 Å². The predicted molar refractivity (Wildman–Crippen MR) is 88.1 cm³/mol. The van der Waals surface area contributed by atoms with Crippen molar-refractivity contribution in [2.75, 3.05) is 5.32 Å². The van der Waals surface area contributed by atoms with Crippen molar-refractivity contribution in [2.24, 2.45) is 0 Å². The zero-order valence-electron chi connectivity index (χ0n) is 11.6. The Bertz CT molecular complexity index is 627. The number of halogens is 2. The molecule has 0 aliphatic carbocycles. The molecule has 2 aromatic carbocycles. The van der Waals surface area contributed by atoms with Crippen LogP contribution in [-0.4, -0.2) is 6.03 Å². The maximum atomic E-state index is 11.8. The summed E-state index contributed by atoms with van der Waals surface area (Å²) in [7, 11) is 0. The number of rotatable bonds is 4. The first-order valence-corrected chi connectivity index (χ1v) is 7.42. The van der Waals surface area contributed by atoms with Crippen molar-refractivity contribution in [3.8, 4) is 0 Å². The maximum Gasteiger partial charge on any atom is 0.319 e. The minimum atomic E-state index is -0.273. The Kier molecular flexibility index (Phi) is 5.48. The van der Waals surface area contributed by atoms with E-state index in [1.807, 2.05) is 24.3 Å². The Hall–Kier alpha value is -1.71. The van der Waals surface area contributed by atoms with E-state index in [0.29, 0.717) is 16.6 Å². The van der Waals surface area contributed by atoms with Crippen LogP contribution in [0.25, 0.3) is 0 Å². The van der Waals surface area contributed by atoms with Crippen molar-refractivity contribution >= 4 is 34.9 Å². The van der Waals surface area contributed by atoms with Crippen molar-refractivity contribution in [3.05, 3.63) is 63.6 Å². The van der Waals surface area contributed by atoms with Gasteiger partial charge in [-0.25, -0.2) is 4.79 Å². The molecule has 0 atom stereocenters. The summed E-state index contributed by atoms with van der Waals surface area (Å²) in [5, 5.41) is 6.64. The third-order valence-electron chi connectivity index (χ3n) is 3.07. The van der Waals surface area contributed by atoms with Gasteiger partial charge in [0.25, 0.3) is 0 Å². The molecule has 0 heterocycles. The standard InChI is InChI=1S/C16H16Cl2N2O/c1-2-11-3-7-14(8-4-11)20-16(21)19-10-12-5-6-13(17)9-15(12)18/h3-9H,2,10H2,1H3,(H2,19,20,21). The molecule has 0 aromatic heterocycles. The van der Waals surface area contributed by atoms with Crippen LogP contribution in [-0.2, 0) is 13.0 Å². The first-order valence-electron chi connectivity index (χ1n) is 6.66. The van der Waals surface area contributed by atoms with Gasteiger partial charge < -0.3 is 10.6 Å². The quantitative estimate of drug-likeness (QED) is 0.827. The number of carbonyl (C=O) groups excluding carboxylic acids is 1. The van der Waals surface area contributed by atoms with Gasteiger partial charge in [-0.3, -0.25) is 0 Å². The zero-order chi connectivity index (χ0) is 15.2. The van der Waals surface area contributed by atoms with Crippen molar-refractivity contribution in [2.45, 2.75) is 19.9 Å². The molecule has 0 saturated carbocycles. The van der Waals surface area contributed by atoms with E-state index in [1.165, 1.54) is 5.56 Å². The molecular formula is C16H16Cl2N2O. The van der Waals surface area contributed by atoms with E-state index in [4.69, 9.17) is 23.2 Å². The van der Waals surface area contributed by atoms with Crippen LogP contribution in [0.4, 0.5) is 10.5 Å². The number of anilines is 1. The number of carbonyl (C=O) groups is 1. The van der Waals surface area contributed by atoms with Gasteiger partial charge in [-0.05, 0) is 41.8 Å². The summed E-state index contributed by atoms with van der Waals surface area (Å²) in [6.07, 6.45) is 0.974. The van der Waals surface area contributed by atoms with Crippen LogP contribution >= 0.6 is 23.2 Å². The normalized spacial score (nSPS) is 10.2. The number of aryl methyl sites for hydroxylation is 1. The molecule has 0 aliphatic heterocycles. The molecule has 0 spiro atoms. The average molecular weight is 323 g/mol. The van der Waals surface area contributed by atoms with Crippen molar-refractivity contribution in [1.29, 1.82) is 0 Å². The Morgan fingerprint density at radius 2 is 1.81 bits per heavy atom. The van der Waals surface area contributed by atoms with Gasteiger partial charge >= 0.3 is 6.03 Å². The van der Waals surface area contributed by atoms with Crippen molar-refractivity contribution < 1.29 is 4.79 Å². The monoisotopic (exact) mass is 322 g/mol. The van der Waals surface area contributed by atoms with E-state index >= 15 is 0 Å². The second-order valence-electron chi connectivity index (χ2n) is 4.59. The van der Waals surface area contributed by atoms with Gasteiger partial charge in [-0.15, -0.1) is 0 Å². The highest BCUT2D eigenvalue weighted by molar-refractivity contribution is 6.35. The van der Waals surface area contributed by atoms with E-state index in [-0.39, 0.29) is 6.03 Å². The largest absolute Gasteiger partial charge is 0.334 e. The molecule has 0 bridgehead atoms. The molecule has 5 heteroatoms. The number of hydrogen-bond acceptors (Lipinski definition) is 1. The summed E-state index contributed by atoms with van der Waals surface area (Å²) in [4.78, 5) is 11.8. The van der Waals surface area contributed by atoms with Crippen LogP contribution in [0.2, 0.25) is 10.0 Å². The Balaban J connectivity index is 1.89. The SMILES string of the molecule is CCc1ccc(NC(=O)NCc2ccc(Cl)cc2Cl)cc1. The topological polar surface area (TPSA) is 41.1 Å². The summed E-state index contributed by atoms with van der Waals surface area (Å²) >= 11 is 11.9. The van der Waals surface area contributed by atoms with Crippen LogP contribution in [0.1, 0.15) is 18.1 Å². The number of amides is 2. The molecule has 0 saturated heterocycles. The molecule has 2 rings (SSSR count). The lowest BCUT2D eigenvalue weighted by Gasteiger charge is -2.09. The second kappa shape index (κ2) is 7.34. The molecule has 2 aromatic rings. The molecule has 0 fully saturated rings. The molecule has 0 aliphatic rings. The number of urea groups is 1. The predicted octanol–water partition coefficient (Wildman–Crippen LogP) is 4.88. The fraction of sp³-hybridized carbons (Fsp3) is 0.188. The Morgan fingerprint density at radius 1 is 1.10 bits per heavy atom. The fourth-order valence-corrected chi connectivity index (χ4v) is 2.31. The summed E-state index contributed by atoms with van der Waals surface area (Å²) in [5.74, 6) is 0. The van der Waals surface area contributed by atoms with E-state index < -0.39 is 0 Å². The highest BCUT2D eigenvalue weighted by Crippen LogP contribution is 2.20. The third-order valence-corrected chi connectivity index (χ3v) is 3.66. The van der Waals surface area contributed by atoms with Crippen LogP contribution in [0, 0.1) is 0 Å². The van der Waals surface area contributed by atoms with Crippen molar-refractivity contribution in [1.82, 2.24) is 5.32 Å². The van der Waals surface area contributed by atoms with E-state index in [2.05, 4.69) is 17.6 Å². The van der Waals surface area contributed by atoms with Crippen LogP contribution in [0.3, 0.4) is 0 Å². The molecule has 0 radical (unpaired) electrons. The summed E-state index contributed by atoms with van der Waals surface area (Å²) in [5.41, 5.74) is 2.80. The molecule has 110 valence electrons. The Morgan fingerprint density at radius 3 is 2.43 bits per heavy atom. The lowest BCUT2D eigenvalue weighted by molar-refractivity contribution is 0.251. The van der Waals surface area contributed by atoms with Crippen LogP contribution < -0.4 is 10.6 Å². The highest BCUT2D eigenvalue weighted by atomic mass is 35.5. The highest BCUT2D eigenvalue weighted by Gasteiger charge is 2.05. The van der Waals surface area contributed by atoms with Gasteiger partial charge in [-0.1, -0.05) is 48.3 Å². The maximum absolute atomic E-state index is 11.8. The molecule has 2 N–H and O–H groups in total. The van der Waals surface area contributed by atoms with Gasteiger partial charge in [0.15, 0.2) is 0 Å². The van der Waals surface area contributed by atoms with Gasteiger partial charge in [0.1, 0.15) is 0 Å². The third kappa shape index (κ3) is 4.66. The first-order chi connectivity index (χ1) is 10.1. The smallest absolute Gasteiger partial charge is 0.319 e. The summed E-state index contributed by atoms with van der Waals surface area (Å²) in [6, 6.07) is 12.7. The van der Waals surface area contributed by atoms with E-state index in [9.17, 15) is 4.79 Å². The van der Waals surface area contributed by atoms with Gasteiger partial charge in [0, 0.05) is 22.3 Å². The van der Waals surface area contributed by atoms with Crippen LogP contribution in [0.15, 0.2) is 42.5 Å². The fourth-order valence-electron chi connectivity index (χ4n) is 1.84. The second-order valence-corrected chi connectivity index (χ2v) is 5.44. The van der Waals surface area contributed by atoms with Crippen molar-refractivity contribution in [3.63, 3.8) is 0 Å². The molecule has 21 heavy (non-hydrogen) atoms. The van der Waals surface area contributed by atoms with Gasteiger partial charge in [-0.2, -0.15) is 0 Å². The summed E-state index contributed by atoms with van der Waals surface area (Å²) < 4.78 is 0. The minimum absolute atomic E-state index is 0.273. The first kappa shape index (κ1) is 15.7. The van der Waals surface area contributed by atoms with Crippen LogP contribution in [0.5, 0.6) is 0 Å². The number of benzene rings is 2. The summed E-state index contributed by atoms with van der Waals surface area (Å²) in [6.45, 7) is 2.43. The molecule has 3 nitrogen and oxygen atoms in total. The molecule has 2 amide bonds.